The number of aryl methyl sites for hydroxylation is 1. The van der Waals surface area contributed by atoms with E-state index in [2.05, 4.69) is 19.9 Å². The molecule has 0 saturated heterocycles. The van der Waals surface area contributed by atoms with Crippen molar-refractivity contribution < 1.29 is 22.7 Å². The average molecular weight is 500 g/mol. The topological polar surface area (TPSA) is 116 Å². The number of rotatable bonds is 8. The van der Waals surface area contributed by atoms with Crippen LogP contribution in [0, 0.1) is 18.7 Å². The summed E-state index contributed by atoms with van der Waals surface area (Å²) >= 11 is 1.23. The number of carbonyl (C=O) groups excluding carboxylic acids is 1. The number of hydrogen-bond acceptors (Lipinski definition) is 9. The quantitative estimate of drug-likeness (QED) is 0.464. The highest BCUT2D eigenvalue weighted by Crippen LogP contribution is 2.66. The first-order valence-electron chi connectivity index (χ1n) is 11.0. The van der Waals surface area contributed by atoms with E-state index < -0.39 is 22.8 Å². The highest BCUT2D eigenvalue weighted by Gasteiger charge is 2.66. The van der Waals surface area contributed by atoms with Crippen LogP contribution >= 0.6 is 11.8 Å². The number of alkyl halides is 1. The SMILES string of the molecule is Cc1nc(OCc2ncco2)cnc1C(=O)Cc1ccc(F)c([C@@]2(C)N=C(N)S[C@@]3(CF)C[C@H]32)c1. The molecular weight excluding hydrogens is 476 g/mol. The molecule has 0 bridgehead atoms. The molecule has 1 fully saturated rings. The second-order valence-corrected chi connectivity index (χ2v) is 10.4. The minimum Gasteiger partial charge on any atom is -0.467 e. The van der Waals surface area contributed by atoms with Gasteiger partial charge in [0.15, 0.2) is 17.6 Å². The molecule has 2 aliphatic rings. The smallest absolute Gasteiger partial charge is 0.233 e. The first kappa shape index (κ1) is 23.4. The highest BCUT2D eigenvalue weighted by atomic mass is 32.2. The lowest BCUT2D eigenvalue weighted by Crippen LogP contribution is -2.36. The van der Waals surface area contributed by atoms with Crippen LogP contribution in [0.2, 0.25) is 0 Å². The van der Waals surface area contributed by atoms with Gasteiger partial charge in [0.2, 0.25) is 11.8 Å². The van der Waals surface area contributed by atoms with E-state index in [1.54, 1.807) is 26.0 Å². The van der Waals surface area contributed by atoms with E-state index in [4.69, 9.17) is 14.9 Å². The number of halogens is 2. The average Bonchev–Trinajstić information content (AvgIpc) is 3.33. The maximum Gasteiger partial charge on any atom is 0.233 e. The maximum absolute atomic E-state index is 14.9. The third-order valence-electron chi connectivity index (χ3n) is 6.54. The van der Waals surface area contributed by atoms with Gasteiger partial charge in [-0.3, -0.25) is 9.79 Å². The number of ketones is 1. The lowest BCUT2D eigenvalue weighted by molar-refractivity contribution is 0.0986. The van der Waals surface area contributed by atoms with Gasteiger partial charge in [0.1, 0.15) is 24.4 Å². The van der Waals surface area contributed by atoms with Crippen LogP contribution in [0.1, 0.15) is 46.5 Å². The number of amidine groups is 1. The fourth-order valence-electron chi connectivity index (χ4n) is 4.67. The molecule has 35 heavy (non-hydrogen) atoms. The molecule has 1 aromatic carbocycles. The third-order valence-corrected chi connectivity index (χ3v) is 7.80. The lowest BCUT2D eigenvalue weighted by atomic mass is 9.84. The molecule has 2 N–H and O–H groups in total. The van der Waals surface area contributed by atoms with Crippen LogP contribution in [0.4, 0.5) is 8.78 Å². The van der Waals surface area contributed by atoms with Crippen LogP contribution in [-0.4, -0.2) is 37.3 Å². The Morgan fingerprint density at radius 3 is 2.91 bits per heavy atom. The van der Waals surface area contributed by atoms with Gasteiger partial charge in [-0.1, -0.05) is 17.8 Å². The molecule has 8 nitrogen and oxygen atoms in total. The van der Waals surface area contributed by atoms with E-state index >= 15 is 0 Å². The van der Waals surface area contributed by atoms with Crippen LogP contribution in [0.15, 0.2) is 46.3 Å². The summed E-state index contributed by atoms with van der Waals surface area (Å²) in [5.41, 5.74) is 6.49. The van der Waals surface area contributed by atoms with Crippen LogP contribution < -0.4 is 10.5 Å². The zero-order chi connectivity index (χ0) is 24.8. The summed E-state index contributed by atoms with van der Waals surface area (Å²) < 4.78 is 38.7. The van der Waals surface area contributed by atoms with E-state index in [0.717, 1.165) is 0 Å². The molecule has 0 amide bonds. The third kappa shape index (κ3) is 4.29. The number of nitrogens with zero attached hydrogens (tertiary/aromatic N) is 4. The Morgan fingerprint density at radius 2 is 2.20 bits per heavy atom. The number of oxazole rings is 1. The van der Waals surface area contributed by atoms with Gasteiger partial charge in [0.25, 0.3) is 0 Å². The standard InChI is InChI=1S/C24H23F2N5O3S/c1-13-21(29-10-19(30-13)34-11-20-28-5-6-33-20)17(32)8-14-3-4-16(26)15(7-14)23(2)18-9-24(18,12-25)35-22(27)31-23/h3-7,10,18H,8-9,11-12H2,1-2H3,(H2,27,31)/t18-,23+,24+/m0/s1. The van der Waals surface area contributed by atoms with Gasteiger partial charge in [-0.25, -0.2) is 23.7 Å². The first-order valence-corrected chi connectivity index (χ1v) is 11.8. The molecule has 1 aliphatic heterocycles. The number of hydrogen-bond donors (Lipinski definition) is 1. The molecule has 3 aromatic rings. The van der Waals surface area contributed by atoms with Crippen molar-refractivity contribution in [3.05, 3.63) is 71.1 Å². The molecule has 5 rings (SSSR count). The summed E-state index contributed by atoms with van der Waals surface area (Å²) in [5, 5.41) is 0.246. The fourth-order valence-corrected chi connectivity index (χ4v) is 6.00. The Labute approximate surface area is 204 Å². The summed E-state index contributed by atoms with van der Waals surface area (Å²) in [4.78, 5) is 30.0. The van der Waals surface area contributed by atoms with Crippen molar-refractivity contribution in [1.29, 1.82) is 0 Å². The molecule has 1 aliphatic carbocycles. The van der Waals surface area contributed by atoms with E-state index in [9.17, 15) is 13.6 Å². The van der Waals surface area contributed by atoms with Crippen molar-refractivity contribution in [2.24, 2.45) is 16.6 Å². The van der Waals surface area contributed by atoms with Crippen LogP contribution in [0.5, 0.6) is 5.88 Å². The van der Waals surface area contributed by atoms with Crippen LogP contribution in [0.25, 0.3) is 0 Å². The summed E-state index contributed by atoms with van der Waals surface area (Å²) in [6.07, 6.45) is 4.87. The zero-order valence-electron chi connectivity index (χ0n) is 19.1. The van der Waals surface area contributed by atoms with Crippen molar-refractivity contribution in [2.75, 3.05) is 6.67 Å². The Hall–Kier alpha value is -3.34. The van der Waals surface area contributed by atoms with Gasteiger partial charge < -0.3 is 14.9 Å². The number of fused-ring (bicyclic) bond motifs is 1. The largest absolute Gasteiger partial charge is 0.467 e. The number of thioether (sulfide) groups is 1. The van der Waals surface area contributed by atoms with E-state index in [0.29, 0.717) is 29.1 Å². The van der Waals surface area contributed by atoms with Gasteiger partial charge in [0, 0.05) is 17.9 Å². The fraction of sp³-hybridized carbons (Fsp3) is 0.375. The molecule has 2 aromatic heterocycles. The van der Waals surface area contributed by atoms with Crippen molar-refractivity contribution in [3.63, 3.8) is 0 Å². The summed E-state index contributed by atoms with van der Waals surface area (Å²) in [6, 6.07) is 4.49. The van der Waals surface area contributed by atoms with Gasteiger partial charge in [-0.05, 0) is 38.0 Å². The summed E-state index contributed by atoms with van der Waals surface area (Å²) in [6.45, 7) is 2.97. The van der Waals surface area contributed by atoms with Crippen molar-refractivity contribution >= 4 is 22.7 Å². The minimum atomic E-state index is -0.998. The number of ether oxygens (including phenoxy) is 1. The normalized spacial score (nSPS) is 25.0. The Kier molecular flexibility index (Phi) is 5.82. The second-order valence-electron chi connectivity index (χ2n) is 8.93. The van der Waals surface area contributed by atoms with Gasteiger partial charge >= 0.3 is 0 Å². The molecule has 1 saturated carbocycles. The van der Waals surface area contributed by atoms with Gasteiger partial charge in [-0.15, -0.1) is 0 Å². The van der Waals surface area contributed by atoms with E-state index in [-0.39, 0.29) is 41.5 Å². The Morgan fingerprint density at radius 1 is 1.37 bits per heavy atom. The molecule has 0 spiro atoms. The molecule has 3 atom stereocenters. The molecular formula is C24H23F2N5O3S. The summed E-state index contributed by atoms with van der Waals surface area (Å²) in [5.74, 6) is -0.280. The number of aliphatic imine (C=N–C) groups is 1. The van der Waals surface area contributed by atoms with Crippen molar-refractivity contribution in [2.45, 2.75) is 43.6 Å². The highest BCUT2D eigenvalue weighted by molar-refractivity contribution is 8.15. The number of nitrogens with two attached hydrogens (primary N) is 1. The molecule has 182 valence electrons. The number of Topliss-reactive ketones (excluding diaryl/α,β-unsaturated/α-hetero) is 1. The number of aromatic nitrogens is 3. The van der Waals surface area contributed by atoms with Crippen molar-refractivity contribution in [3.8, 4) is 5.88 Å². The van der Waals surface area contributed by atoms with E-state index in [1.165, 1.54) is 36.5 Å². The van der Waals surface area contributed by atoms with Crippen LogP contribution in [0.3, 0.4) is 0 Å². The number of carbonyl (C=O) groups is 1. The van der Waals surface area contributed by atoms with Crippen LogP contribution in [-0.2, 0) is 18.6 Å². The predicted octanol–water partition coefficient (Wildman–Crippen LogP) is 3.92. The lowest BCUT2D eigenvalue weighted by Gasteiger charge is -2.33. The Balaban J connectivity index is 1.34. The predicted molar refractivity (Wildman–Crippen MR) is 125 cm³/mol. The summed E-state index contributed by atoms with van der Waals surface area (Å²) in [7, 11) is 0. The maximum atomic E-state index is 14.9. The minimum absolute atomic E-state index is 0.0116. The zero-order valence-corrected chi connectivity index (χ0v) is 19.9. The first-order chi connectivity index (χ1) is 16.7. The Bertz CT molecular complexity index is 1320. The molecule has 0 radical (unpaired) electrons. The van der Waals surface area contributed by atoms with Gasteiger partial charge in [0.05, 0.1) is 28.4 Å². The molecule has 3 heterocycles. The second kappa shape index (κ2) is 8.71. The monoisotopic (exact) mass is 499 g/mol. The van der Waals surface area contributed by atoms with E-state index in [1.807, 2.05) is 0 Å². The van der Waals surface area contributed by atoms with Gasteiger partial charge in [-0.2, -0.15) is 0 Å². The molecule has 11 heteroatoms. The molecule has 0 unspecified atom stereocenters. The number of benzene rings is 1. The van der Waals surface area contributed by atoms with Crippen molar-refractivity contribution in [1.82, 2.24) is 15.0 Å².